The molecule has 0 aliphatic rings. The highest BCUT2D eigenvalue weighted by atomic mass is 16.6. The lowest BCUT2D eigenvalue weighted by atomic mass is 10.2. The standard InChI is InChI=1S/C25H50O9/c1-3-5-6-7-8-10-27-11-12-28-13-14-29-15-16-30-17-18-31-19-20-32-21-22-33-23-24-34-25(26)9-4-2/h3-24H2,1-2H3. The quantitative estimate of drug-likeness (QED) is 0.115. The Morgan fingerprint density at radius 3 is 1.15 bits per heavy atom. The molecule has 34 heavy (non-hydrogen) atoms. The predicted octanol–water partition coefficient (Wildman–Crippen LogP) is 3.42. The molecule has 0 aromatic carbocycles. The second-order valence-corrected chi connectivity index (χ2v) is 7.67. The molecule has 0 aliphatic heterocycles. The van der Waals surface area contributed by atoms with Crippen LogP contribution >= 0.6 is 0 Å². The predicted molar refractivity (Wildman–Crippen MR) is 130 cm³/mol. The Morgan fingerprint density at radius 2 is 0.765 bits per heavy atom. The molecule has 0 spiro atoms. The van der Waals surface area contributed by atoms with Crippen molar-refractivity contribution in [1.29, 1.82) is 0 Å². The van der Waals surface area contributed by atoms with Crippen LogP contribution in [0.2, 0.25) is 0 Å². The minimum atomic E-state index is -0.180. The number of carbonyl (C=O) groups excluding carboxylic acids is 1. The van der Waals surface area contributed by atoms with E-state index >= 15 is 0 Å². The summed E-state index contributed by atoms with van der Waals surface area (Å²) in [5.74, 6) is -0.180. The first kappa shape index (κ1) is 33.2. The Hall–Kier alpha value is -0.810. The summed E-state index contributed by atoms with van der Waals surface area (Å²) in [4.78, 5) is 11.1. The minimum absolute atomic E-state index is 0.180. The molecule has 0 unspecified atom stereocenters. The van der Waals surface area contributed by atoms with Crippen molar-refractivity contribution in [2.24, 2.45) is 0 Å². The van der Waals surface area contributed by atoms with E-state index in [9.17, 15) is 4.79 Å². The molecule has 0 amide bonds. The summed E-state index contributed by atoms with van der Waals surface area (Å²) in [7, 11) is 0. The number of carbonyl (C=O) groups is 1. The summed E-state index contributed by atoms with van der Waals surface area (Å²) < 4.78 is 43.1. The molecule has 0 aliphatic carbocycles. The van der Waals surface area contributed by atoms with Gasteiger partial charge in [-0.1, -0.05) is 39.5 Å². The van der Waals surface area contributed by atoms with E-state index < -0.39 is 0 Å². The molecule has 9 nitrogen and oxygen atoms in total. The van der Waals surface area contributed by atoms with Crippen LogP contribution in [-0.2, 0) is 42.7 Å². The van der Waals surface area contributed by atoms with Gasteiger partial charge in [-0.25, -0.2) is 0 Å². The van der Waals surface area contributed by atoms with Gasteiger partial charge in [0.25, 0.3) is 0 Å². The molecule has 0 atom stereocenters. The van der Waals surface area contributed by atoms with Crippen LogP contribution in [0.4, 0.5) is 0 Å². The second-order valence-electron chi connectivity index (χ2n) is 7.67. The van der Waals surface area contributed by atoms with Gasteiger partial charge >= 0.3 is 5.97 Å². The second kappa shape index (κ2) is 30.2. The highest BCUT2D eigenvalue weighted by Crippen LogP contribution is 2.02. The van der Waals surface area contributed by atoms with Crippen LogP contribution in [0, 0.1) is 0 Å². The average Bonchev–Trinajstić information content (AvgIpc) is 2.83. The number of esters is 1. The monoisotopic (exact) mass is 494 g/mol. The molecule has 0 N–H and O–H groups in total. The van der Waals surface area contributed by atoms with Crippen molar-refractivity contribution in [3.05, 3.63) is 0 Å². The Morgan fingerprint density at radius 1 is 0.412 bits per heavy atom. The van der Waals surface area contributed by atoms with Crippen LogP contribution in [0.5, 0.6) is 0 Å². The lowest BCUT2D eigenvalue weighted by Crippen LogP contribution is -2.15. The summed E-state index contributed by atoms with van der Waals surface area (Å²) in [5, 5.41) is 0. The fourth-order valence-corrected chi connectivity index (χ4v) is 2.72. The van der Waals surface area contributed by atoms with Crippen LogP contribution < -0.4 is 0 Å². The molecule has 0 aromatic heterocycles. The Labute approximate surface area is 207 Å². The number of rotatable bonds is 29. The van der Waals surface area contributed by atoms with Crippen LogP contribution in [0.15, 0.2) is 0 Å². The van der Waals surface area contributed by atoms with Crippen molar-refractivity contribution in [2.45, 2.75) is 58.8 Å². The maximum atomic E-state index is 11.1. The zero-order valence-electron chi connectivity index (χ0n) is 21.7. The Balaban J connectivity index is 3.03. The normalized spacial score (nSPS) is 11.2. The maximum Gasteiger partial charge on any atom is 0.305 e. The van der Waals surface area contributed by atoms with E-state index in [1.807, 2.05) is 6.92 Å². The van der Waals surface area contributed by atoms with Crippen molar-refractivity contribution in [3.63, 3.8) is 0 Å². The molecule has 9 heteroatoms. The molecule has 0 saturated heterocycles. The van der Waals surface area contributed by atoms with Crippen LogP contribution in [0.25, 0.3) is 0 Å². The lowest BCUT2D eigenvalue weighted by Gasteiger charge is -2.08. The van der Waals surface area contributed by atoms with Gasteiger partial charge in [0.1, 0.15) is 6.61 Å². The van der Waals surface area contributed by atoms with E-state index in [2.05, 4.69) is 6.92 Å². The number of hydrogen-bond acceptors (Lipinski definition) is 9. The molecule has 0 bridgehead atoms. The zero-order valence-corrected chi connectivity index (χ0v) is 21.7. The molecule has 0 fully saturated rings. The van der Waals surface area contributed by atoms with E-state index in [4.69, 9.17) is 37.9 Å². The van der Waals surface area contributed by atoms with E-state index in [1.54, 1.807) is 0 Å². The van der Waals surface area contributed by atoms with Crippen LogP contribution in [0.1, 0.15) is 58.8 Å². The first-order valence-electron chi connectivity index (χ1n) is 13.0. The SMILES string of the molecule is CCCCCCCOCCOCCOCCOCCOCCOCCOCCOC(=O)CCC. The maximum absolute atomic E-state index is 11.1. The highest BCUT2D eigenvalue weighted by Gasteiger charge is 2.00. The molecule has 204 valence electrons. The zero-order chi connectivity index (χ0) is 24.8. The lowest BCUT2D eigenvalue weighted by molar-refractivity contribution is -0.145. The molecule has 0 aromatic rings. The van der Waals surface area contributed by atoms with Gasteiger partial charge in [-0.2, -0.15) is 0 Å². The van der Waals surface area contributed by atoms with Crippen molar-refractivity contribution in [2.75, 3.05) is 99.1 Å². The summed E-state index contributed by atoms with van der Waals surface area (Å²) in [6, 6.07) is 0. The van der Waals surface area contributed by atoms with Crippen LogP contribution in [0.3, 0.4) is 0 Å². The van der Waals surface area contributed by atoms with Gasteiger partial charge in [0, 0.05) is 13.0 Å². The largest absolute Gasteiger partial charge is 0.463 e. The van der Waals surface area contributed by atoms with Crippen molar-refractivity contribution < 1.29 is 42.7 Å². The van der Waals surface area contributed by atoms with Gasteiger partial charge in [-0.15, -0.1) is 0 Å². The molecule has 0 saturated carbocycles. The number of unbranched alkanes of at least 4 members (excludes halogenated alkanes) is 4. The van der Waals surface area contributed by atoms with E-state index in [0.29, 0.717) is 92.3 Å². The third kappa shape index (κ3) is 29.2. The summed E-state index contributed by atoms with van der Waals surface area (Å²) in [6.07, 6.45) is 7.53. The molecule has 0 rings (SSSR count). The number of ether oxygens (including phenoxy) is 8. The Kier molecular flexibility index (Phi) is 29.5. The van der Waals surface area contributed by atoms with Gasteiger partial charge in [0.15, 0.2) is 0 Å². The highest BCUT2D eigenvalue weighted by molar-refractivity contribution is 5.69. The third-order valence-electron chi connectivity index (χ3n) is 4.57. The first-order valence-corrected chi connectivity index (χ1v) is 13.0. The van der Waals surface area contributed by atoms with E-state index in [0.717, 1.165) is 19.4 Å². The van der Waals surface area contributed by atoms with Gasteiger partial charge in [-0.05, 0) is 12.8 Å². The van der Waals surface area contributed by atoms with Gasteiger partial charge in [-0.3, -0.25) is 4.79 Å². The van der Waals surface area contributed by atoms with Gasteiger partial charge < -0.3 is 37.9 Å². The third-order valence-corrected chi connectivity index (χ3v) is 4.57. The van der Waals surface area contributed by atoms with Gasteiger partial charge in [0.2, 0.25) is 0 Å². The van der Waals surface area contributed by atoms with Crippen LogP contribution in [-0.4, -0.2) is 105 Å². The molecule has 0 heterocycles. The van der Waals surface area contributed by atoms with Crippen molar-refractivity contribution in [1.82, 2.24) is 0 Å². The molecular formula is C25H50O9. The van der Waals surface area contributed by atoms with Crippen molar-refractivity contribution in [3.8, 4) is 0 Å². The summed E-state index contributed by atoms with van der Waals surface area (Å²) in [5.41, 5.74) is 0. The first-order chi connectivity index (χ1) is 16.8. The Bertz CT molecular complexity index is 397. The topological polar surface area (TPSA) is 90.9 Å². The van der Waals surface area contributed by atoms with Crippen molar-refractivity contribution >= 4 is 5.97 Å². The molecular weight excluding hydrogens is 444 g/mol. The van der Waals surface area contributed by atoms with Gasteiger partial charge in [0.05, 0.1) is 85.9 Å². The fraction of sp³-hybridized carbons (Fsp3) is 0.960. The summed E-state index contributed by atoms with van der Waals surface area (Å²) in [6.45, 7) is 12.1. The smallest absolute Gasteiger partial charge is 0.305 e. The van der Waals surface area contributed by atoms with E-state index in [1.165, 1.54) is 25.7 Å². The molecule has 0 radical (unpaired) electrons. The fourth-order valence-electron chi connectivity index (χ4n) is 2.72. The summed E-state index contributed by atoms with van der Waals surface area (Å²) >= 11 is 0. The van der Waals surface area contributed by atoms with E-state index in [-0.39, 0.29) is 12.6 Å². The average molecular weight is 495 g/mol. The number of hydrogen-bond donors (Lipinski definition) is 0. The minimum Gasteiger partial charge on any atom is -0.463 e.